The van der Waals surface area contributed by atoms with E-state index in [4.69, 9.17) is 4.74 Å². The molecule has 3 heteroatoms. The van der Waals surface area contributed by atoms with Crippen molar-refractivity contribution in [1.29, 1.82) is 0 Å². The quantitative estimate of drug-likeness (QED) is 0.473. The maximum absolute atomic E-state index is 13.2. The Morgan fingerprint density at radius 2 is 1.19 bits per heavy atom. The molecule has 0 bridgehead atoms. The molecule has 0 amide bonds. The third-order valence-electron chi connectivity index (χ3n) is 6.42. The Labute approximate surface area is 185 Å². The summed E-state index contributed by atoms with van der Waals surface area (Å²) < 4.78 is 5.44. The summed E-state index contributed by atoms with van der Waals surface area (Å²) in [6.07, 6.45) is 1.06. The second-order valence-electron chi connectivity index (χ2n) is 8.69. The van der Waals surface area contributed by atoms with Crippen molar-refractivity contribution in [3.05, 3.63) is 83.9 Å². The summed E-state index contributed by atoms with van der Waals surface area (Å²) in [6, 6.07) is 25.4. The summed E-state index contributed by atoms with van der Waals surface area (Å²) in [5, 5.41) is 0. The van der Waals surface area contributed by atoms with Gasteiger partial charge in [-0.1, -0.05) is 79.7 Å². The number of aryl methyl sites for hydroxylation is 1. The van der Waals surface area contributed by atoms with Crippen molar-refractivity contribution >= 4 is 5.78 Å². The molecule has 0 unspecified atom stereocenters. The first-order valence-electron chi connectivity index (χ1n) is 11.2. The van der Waals surface area contributed by atoms with E-state index < -0.39 is 5.54 Å². The fourth-order valence-corrected chi connectivity index (χ4v) is 4.22. The molecule has 0 saturated carbocycles. The van der Waals surface area contributed by atoms with Crippen LogP contribution in [-0.2, 0) is 11.2 Å². The molecular weight excluding hydrogens is 382 g/mol. The normalized spacial score (nSPS) is 15.1. The van der Waals surface area contributed by atoms with Crippen LogP contribution < -0.4 is 0 Å². The topological polar surface area (TPSA) is 29.5 Å². The molecule has 0 N–H and O–H groups in total. The molecule has 0 atom stereocenters. The van der Waals surface area contributed by atoms with Gasteiger partial charge in [-0.15, -0.1) is 0 Å². The van der Waals surface area contributed by atoms with E-state index in [1.54, 1.807) is 0 Å². The number of benzene rings is 3. The number of hydrogen-bond donors (Lipinski definition) is 0. The molecule has 1 heterocycles. The van der Waals surface area contributed by atoms with Crippen molar-refractivity contribution in [2.45, 2.75) is 32.7 Å². The Hall–Kier alpha value is -2.75. The number of nitrogens with zero attached hydrogens (tertiary/aromatic N) is 1. The van der Waals surface area contributed by atoms with Crippen LogP contribution in [0.15, 0.2) is 72.8 Å². The van der Waals surface area contributed by atoms with Crippen molar-refractivity contribution in [3.8, 4) is 22.3 Å². The van der Waals surface area contributed by atoms with Gasteiger partial charge in [0.25, 0.3) is 0 Å². The average Bonchev–Trinajstić information content (AvgIpc) is 2.84. The standard InChI is InChI=1S/C28H31NO2/c1-4-21-5-7-22(8-6-21)23-9-11-24(12-10-23)25-13-15-26(16-14-25)27(30)28(2,3)29-17-19-31-20-18-29/h5-16H,4,17-20H2,1-3H3. The summed E-state index contributed by atoms with van der Waals surface area (Å²) in [4.78, 5) is 15.4. The van der Waals surface area contributed by atoms with Crippen LogP contribution in [0.5, 0.6) is 0 Å². The molecule has 1 saturated heterocycles. The SMILES string of the molecule is CCc1ccc(-c2ccc(-c3ccc(C(=O)C(C)(C)N4CCOCC4)cc3)cc2)cc1. The van der Waals surface area contributed by atoms with Crippen LogP contribution in [0.1, 0.15) is 36.7 Å². The van der Waals surface area contributed by atoms with Gasteiger partial charge in [-0.05, 0) is 48.1 Å². The number of morpholine rings is 1. The Bertz CT molecular complexity index is 1010. The largest absolute Gasteiger partial charge is 0.379 e. The fraction of sp³-hybridized carbons (Fsp3) is 0.321. The summed E-state index contributed by atoms with van der Waals surface area (Å²) >= 11 is 0. The molecular formula is C28H31NO2. The first kappa shape index (κ1) is 21.5. The van der Waals surface area contributed by atoms with Crippen molar-refractivity contribution in [2.24, 2.45) is 0 Å². The zero-order chi connectivity index (χ0) is 21.8. The minimum atomic E-state index is -0.528. The van der Waals surface area contributed by atoms with Crippen LogP contribution in [0.4, 0.5) is 0 Å². The molecule has 0 spiro atoms. The Balaban J connectivity index is 1.49. The van der Waals surface area contributed by atoms with Gasteiger partial charge in [-0.2, -0.15) is 0 Å². The molecule has 0 radical (unpaired) electrons. The number of Topliss-reactive ketones (excluding diaryl/α,β-unsaturated/α-hetero) is 1. The van der Waals surface area contributed by atoms with Crippen molar-refractivity contribution in [3.63, 3.8) is 0 Å². The molecule has 3 aromatic rings. The number of carbonyl (C=O) groups excluding carboxylic acids is 1. The van der Waals surface area contributed by atoms with Crippen LogP contribution in [-0.4, -0.2) is 42.5 Å². The smallest absolute Gasteiger partial charge is 0.182 e. The zero-order valence-electron chi connectivity index (χ0n) is 18.7. The number of ether oxygens (including phenoxy) is 1. The molecule has 160 valence electrons. The van der Waals surface area contributed by atoms with Crippen LogP contribution >= 0.6 is 0 Å². The highest BCUT2D eigenvalue weighted by atomic mass is 16.5. The highest BCUT2D eigenvalue weighted by Crippen LogP contribution is 2.27. The van der Waals surface area contributed by atoms with Crippen LogP contribution in [0.25, 0.3) is 22.3 Å². The van der Waals surface area contributed by atoms with E-state index in [0.29, 0.717) is 13.2 Å². The Kier molecular flexibility index (Phi) is 6.35. The van der Waals surface area contributed by atoms with Crippen LogP contribution in [0, 0.1) is 0 Å². The lowest BCUT2D eigenvalue weighted by molar-refractivity contribution is -0.00429. The van der Waals surface area contributed by atoms with E-state index in [1.165, 1.54) is 16.7 Å². The van der Waals surface area contributed by atoms with E-state index >= 15 is 0 Å². The minimum Gasteiger partial charge on any atom is -0.379 e. The highest BCUT2D eigenvalue weighted by Gasteiger charge is 2.35. The van der Waals surface area contributed by atoms with Gasteiger partial charge >= 0.3 is 0 Å². The monoisotopic (exact) mass is 413 g/mol. The first-order valence-corrected chi connectivity index (χ1v) is 11.2. The third-order valence-corrected chi connectivity index (χ3v) is 6.42. The van der Waals surface area contributed by atoms with Crippen molar-refractivity contribution < 1.29 is 9.53 Å². The molecule has 0 aliphatic carbocycles. The molecule has 0 aromatic heterocycles. The van der Waals surface area contributed by atoms with Gasteiger partial charge < -0.3 is 4.74 Å². The van der Waals surface area contributed by atoms with Gasteiger partial charge in [0.15, 0.2) is 5.78 Å². The molecule has 1 aliphatic rings. The first-order chi connectivity index (χ1) is 15.0. The van der Waals surface area contributed by atoms with Crippen LogP contribution in [0.2, 0.25) is 0 Å². The van der Waals surface area contributed by atoms with Gasteiger partial charge in [-0.3, -0.25) is 9.69 Å². The fourth-order valence-electron chi connectivity index (χ4n) is 4.22. The minimum absolute atomic E-state index is 0.159. The lowest BCUT2D eigenvalue weighted by Crippen LogP contribution is -2.54. The molecule has 1 aliphatic heterocycles. The Morgan fingerprint density at radius 3 is 1.65 bits per heavy atom. The van der Waals surface area contributed by atoms with E-state index in [1.807, 2.05) is 38.1 Å². The van der Waals surface area contributed by atoms with Crippen molar-refractivity contribution in [1.82, 2.24) is 4.90 Å². The third kappa shape index (κ3) is 4.63. The van der Waals surface area contributed by atoms with E-state index in [9.17, 15) is 4.79 Å². The lowest BCUT2D eigenvalue weighted by Gasteiger charge is -2.39. The predicted octanol–water partition coefficient (Wildman–Crippen LogP) is 5.88. The lowest BCUT2D eigenvalue weighted by atomic mass is 9.90. The van der Waals surface area contributed by atoms with Crippen LogP contribution in [0.3, 0.4) is 0 Å². The maximum atomic E-state index is 13.2. The average molecular weight is 414 g/mol. The Morgan fingerprint density at radius 1 is 0.774 bits per heavy atom. The molecule has 31 heavy (non-hydrogen) atoms. The highest BCUT2D eigenvalue weighted by molar-refractivity contribution is 6.03. The summed E-state index contributed by atoms with van der Waals surface area (Å²) in [5.41, 5.74) is 6.30. The van der Waals surface area contributed by atoms with Gasteiger partial charge in [0.1, 0.15) is 0 Å². The number of carbonyl (C=O) groups is 1. The molecule has 3 aromatic carbocycles. The van der Waals surface area contributed by atoms with Gasteiger partial charge in [-0.25, -0.2) is 0 Å². The molecule has 4 rings (SSSR count). The van der Waals surface area contributed by atoms with Gasteiger partial charge in [0.05, 0.1) is 18.8 Å². The second kappa shape index (κ2) is 9.17. The predicted molar refractivity (Wildman–Crippen MR) is 127 cm³/mol. The molecule has 3 nitrogen and oxygen atoms in total. The van der Waals surface area contributed by atoms with E-state index in [0.717, 1.165) is 36.2 Å². The zero-order valence-corrected chi connectivity index (χ0v) is 18.7. The van der Waals surface area contributed by atoms with Gasteiger partial charge in [0, 0.05) is 18.7 Å². The number of hydrogen-bond acceptors (Lipinski definition) is 3. The summed E-state index contributed by atoms with van der Waals surface area (Å²) in [6.45, 7) is 9.17. The number of ketones is 1. The van der Waals surface area contributed by atoms with E-state index in [2.05, 4.69) is 60.4 Å². The molecule has 1 fully saturated rings. The van der Waals surface area contributed by atoms with Crippen molar-refractivity contribution in [2.75, 3.05) is 26.3 Å². The van der Waals surface area contributed by atoms with Gasteiger partial charge in [0.2, 0.25) is 0 Å². The maximum Gasteiger partial charge on any atom is 0.182 e. The van der Waals surface area contributed by atoms with E-state index in [-0.39, 0.29) is 5.78 Å². The second-order valence-corrected chi connectivity index (χ2v) is 8.69. The summed E-state index contributed by atoms with van der Waals surface area (Å²) in [7, 11) is 0. The summed E-state index contributed by atoms with van der Waals surface area (Å²) in [5.74, 6) is 0.159. The number of rotatable bonds is 6.